The van der Waals surface area contributed by atoms with Gasteiger partial charge in [0.25, 0.3) is 0 Å². The van der Waals surface area contributed by atoms with Gasteiger partial charge >= 0.3 is 12.1 Å². The van der Waals surface area contributed by atoms with Crippen molar-refractivity contribution in [2.24, 2.45) is 11.5 Å². The summed E-state index contributed by atoms with van der Waals surface area (Å²) >= 11 is 0. The Bertz CT molecular complexity index is 1020. The van der Waals surface area contributed by atoms with Crippen LogP contribution in [0.3, 0.4) is 0 Å². The van der Waals surface area contributed by atoms with Gasteiger partial charge in [-0.15, -0.1) is 0 Å². The van der Waals surface area contributed by atoms with E-state index in [1.807, 2.05) is 30.3 Å². The smallest absolute Gasteiger partial charge is 0.475 e. The Labute approximate surface area is 227 Å². The largest absolute Gasteiger partial charge is 0.490 e. The van der Waals surface area contributed by atoms with Gasteiger partial charge in [-0.1, -0.05) is 60.2 Å². The molecule has 216 valence electrons. The number of aryl methyl sites for hydroxylation is 3. The highest BCUT2D eigenvalue weighted by Gasteiger charge is 2.38. The number of hydrogen-bond acceptors (Lipinski definition) is 5. The minimum Gasteiger partial charge on any atom is -0.475 e. The van der Waals surface area contributed by atoms with Crippen LogP contribution in [-0.2, 0) is 27.2 Å². The molecule has 6 N–H and O–H groups in total. The highest BCUT2D eigenvalue weighted by atomic mass is 19.4. The van der Waals surface area contributed by atoms with Gasteiger partial charge in [0.1, 0.15) is 6.04 Å². The molecule has 0 aliphatic carbocycles. The first-order valence-electron chi connectivity index (χ1n) is 12.8. The summed E-state index contributed by atoms with van der Waals surface area (Å²) in [6.45, 7) is 3.10. The summed E-state index contributed by atoms with van der Waals surface area (Å²) in [5.74, 6) is -3.11. The molecule has 0 radical (unpaired) electrons. The van der Waals surface area contributed by atoms with Gasteiger partial charge in [-0.25, -0.2) is 4.79 Å². The minimum absolute atomic E-state index is 0.145. The highest BCUT2D eigenvalue weighted by Crippen LogP contribution is 2.13. The lowest BCUT2D eigenvalue weighted by molar-refractivity contribution is -0.192. The Kier molecular flexibility index (Phi) is 14.8. The topological polar surface area (TPSA) is 139 Å². The molecule has 2 atom stereocenters. The van der Waals surface area contributed by atoms with Crippen molar-refractivity contribution in [1.82, 2.24) is 10.2 Å². The third kappa shape index (κ3) is 13.3. The van der Waals surface area contributed by atoms with E-state index in [9.17, 15) is 22.8 Å². The number of alkyl halides is 3. The minimum atomic E-state index is -5.08. The van der Waals surface area contributed by atoms with E-state index in [1.54, 1.807) is 7.05 Å². The first kappa shape index (κ1) is 33.6. The molecular weight excluding hydrogens is 513 g/mol. The number of carbonyl (C=O) groups is 3. The van der Waals surface area contributed by atoms with Crippen molar-refractivity contribution in [1.29, 1.82) is 0 Å². The van der Waals surface area contributed by atoms with Crippen LogP contribution in [0.5, 0.6) is 0 Å². The number of carboxylic acid groups (broad SMARTS) is 1. The monoisotopic (exact) mass is 552 g/mol. The number of nitrogens with two attached hydrogens (primary N) is 2. The van der Waals surface area contributed by atoms with Crippen LogP contribution in [-0.4, -0.2) is 66.2 Å². The molecule has 0 unspecified atom stereocenters. The fourth-order valence-corrected chi connectivity index (χ4v) is 3.69. The van der Waals surface area contributed by atoms with Gasteiger partial charge in [0.15, 0.2) is 0 Å². The molecule has 2 aromatic carbocycles. The van der Waals surface area contributed by atoms with Crippen molar-refractivity contribution in [2.75, 3.05) is 20.1 Å². The molecule has 39 heavy (non-hydrogen) atoms. The van der Waals surface area contributed by atoms with Gasteiger partial charge in [-0.2, -0.15) is 13.2 Å². The predicted octanol–water partition coefficient (Wildman–Crippen LogP) is 3.20. The van der Waals surface area contributed by atoms with Crippen molar-refractivity contribution in [3.8, 4) is 0 Å². The van der Waals surface area contributed by atoms with Crippen LogP contribution in [0.2, 0.25) is 0 Å². The number of hydrogen-bond donors (Lipinski definition) is 4. The average molecular weight is 553 g/mol. The van der Waals surface area contributed by atoms with Crippen molar-refractivity contribution in [3.63, 3.8) is 0 Å². The normalized spacial score (nSPS) is 12.5. The maximum atomic E-state index is 12.9. The maximum absolute atomic E-state index is 12.9. The number of halogens is 3. The number of nitrogens with zero attached hydrogens (tertiary/aromatic N) is 1. The summed E-state index contributed by atoms with van der Waals surface area (Å²) in [7, 11) is 1.66. The number of rotatable bonds is 13. The first-order valence-corrected chi connectivity index (χ1v) is 12.8. The molecule has 0 aliphatic rings. The number of amides is 2. The summed E-state index contributed by atoms with van der Waals surface area (Å²) < 4.78 is 31.7. The molecule has 0 fully saturated rings. The fourth-order valence-electron chi connectivity index (χ4n) is 3.69. The third-order valence-corrected chi connectivity index (χ3v) is 6.01. The second kappa shape index (κ2) is 17.2. The van der Waals surface area contributed by atoms with Crippen LogP contribution in [0.15, 0.2) is 54.6 Å². The molecule has 0 aromatic heterocycles. The van der Waals surface area contributed by atoms with E-state index >= 15 is 0 Å². The molecule has 0 spiro atoms. The summed E-state index contributed by atoms with van der Waals surface area (Å²) in [5, 5.41) is 10.1. The lowest BCUT2D eigenvalue weighted by atomic mass is 10.0. The van der Waals surface area contributed by atoms with E-state index in [1.165, 1.54) is 16.0 Å². The number of benzene rings is 2. The number of nitrogens with one attached hydrogen (secondary N) is 1. The van der Waals surface area contributed by atoms with Gasteiger partial charge in [0.05, 0.1) is 6.04 Å². The van der Waals surface area contributed by atoms with Crippen molar-refractivity contribution in [2.45, 2.75) is 63.7 Å². The number of carbonyl (C=O) groups excluding carboxylic acids is 2. The highest BCUT2D eigenvalue weighted by molar-refractivity contribution is 5.89. The number of aliphatic carboxylic acids is 1. The second-order valence-electron chi connectivity index (χ2n) is 9.21. The lowest BCUT2D eigenvalue weighted by Crippen LogP contribution is -2.52. The van der Waals surface area contributed by atoms with E-state index in [4.69, 9.17) is 21.4 Å². The molecular formula is C28H39F3N4O4. The van der Waals surface area contributed by atoms with E-state index in [0.29, 0.717) is 32.4 Å². The standard InChI is InChI=1S/C26H38N4O2.C2HF3O2/c1-20-12-14-22(15-13-20)10-7-19-29-25(31)24(11-6-18-27)30(2)26(32)23(28)17-16-21-8-4-3-5-9-21;3-2(4,5)1(6)7/h3-5,8-9,12-15,23-24H,6-7,10-11,16-19,27-28H2,1-2H3,(H,29,31);(H,6,7)/t23-,24-;/m0./s1. The molecule has 2 amide bonds. The second-order valence-corrected chi connectivity index (χ2v) is 9.21. The average Bonchev–Trinajstić information content (AvgIpc) is 2.90. The van der Waals surface area contributed by atoms with Crippen LogP contribution in [0.1, 0.15) is 42.4 Å². The van der Waals surface area contributed by atoms with Crippen molar-refractivity contribution in [3.05, 3.63) is 71.3 Å². The fraction of sp³-hybridized carbons (Fsp3) is 0.464. The molecule has 0 saturated carbocycles. The van der Waals surface area contributed by atoms with Gasteiger partial charge in [-0.3, -0.25) is 9.59 Å². The zero-order valence-corrected chi connectivity index (χ0v) is 22.4. The van der Waals surface area contributed by atoms with Gasteiger partial charge < -0.3 is 26.8 Å². The Morgan fingerprint density at radius 1 is 0.949 bits per heavy atom. The van der Waals surface area contributed by atoms with Crippen LogP contribution >= 0.6 is 0 Å². The maximum Gasteiger partial charge on any atom is 0.490 e. The molecule has 2 rings (SSSR count). The van der Waals surface area contributed by atoms with Gasteiger partial charge in [0, 0.05) is 13.6 Å². The third-order valence-electron chi connectivity index (χ3n) is 6.01. The summed E-state index contributed by atoms with van der Waals surface area (Å²) in [6.07, 6.45) is -0.901. The van der Waals surface area contributed by atoms with Crippen molar-refractivity contribution < 1.29 is 32.7 Å². The lowest BCUT2D eigenvalue weighted by Gasteiger charge is -2.29. The number of carboxylic acids is 1. The van der Waals surface area contributed by atoms with Crippen molar-refractivity contribution >= 4 is 17.8 Å². The summed E-state index contributed by atoms with van der Waals surface area (Å²) in [6, 6.07) is 17.2. The number of likely N-dealkylation sites (N-methyl/N-ethyl adjacent to an activating group) is 1. The molecule has 0 aliphatic heterocycles. The Balaban J connectivity index is 0.000000956. The van der Waals surface area contributed by atoms with E-state index in [2.05, 4.69) is 36.5 Å². The first-order chi connectivity index (χ1) is 18.4. The summed E-state index contributed by atoms with van der Waals surface area (Å²) in [4.78, 5) is 36.2. The van der Waals surface area contributed by atoms with Gasteiger partial charge in [-0.05, 0) is 63.1 Å². The van der Waals surface area contributed by atoms with Crippen LogP contribution in [0, 0.1) is 6.92 Å². The summed E-state index contributed by atoms with van der Waals surface area (Å²) in [5.41, 5.74) is 15.5. The van der Waals surface area contributed by atoms with Gasteiger partial charge in [0.2, 0.25) is 11.8 Å². The van der Waals surface area contributed by atoms with Crippen LogP contribution < -0.4 is 16.8 Å². The Morgan fingerprint density at radius 3 is 2.05 bits per heavy atom. The molecule has 8 nitrogen and oxygen atoms in total. The quantitative estimate of drug-likeness (QED) is 0.282. The zero-order chi connectivity index (χ0) is 29.4. The molecule has 0 saturated heterocycles. The SMILES string of the molecule is Cc1ccc(CCCNC(=O)[C@H](CCCN)N(C)C(=O)[C@@H](N)CCc2ccccc2)cc1.O=C(O)C(F)(F)F. The van der Waals surface area contributed by atoms with Crippen LogP contribution in [0.25, 0.3) is 0 Å². The molecule has 2 aromatic rings. The van der Waals surface area contributed by atoms with E-state index in [0.717, 1.165) is 24.8 Å². The van der Waals surface area contributed by atoms with E-state index < -0.39 is 24.2 Å². The van der Waals surface area contributed by atoms with Crippen LogP contribution in [0.4, 0.5) is 13.2 Å². The molecule has 0 bridgehead atoms. The Morgan fingerprint density at radius 2 is 1.51 bits per heavy atom. The molecule has 0 heterocycles. The predicted molar refractivity (Wildman–Crippen MR) is 144 cm³/mol. The zero-order valence-electron chi connectivity index (χ0n) is 22.4. The molecule has 11 heteroatoms. The Hall–Kier alpha value is -3.44. The van der Waals surface area contributed by atoms with E-state index in [-0.39, 0.29) is 11.8 Å².